The number of methoxy groups -OCH3 is 1. The molecule has 1 aliphatic carbocycles. The molecule has 0 bridgehead atoms. The summed E-state index contributed by atoms with van der Waals surface area (Å²) in [4.78, 5) is 17.9. The van der Waals surface area contributed by atoms with E-state index in [9.17, 15) is 9.90 Å². The smallest absolute Gasteiger partial charge is 0.306 e. The first-order valence-corrected chi connectivity index (χ1v) is 14.6. The van der Waals surface area contributed by atoms with Gasteiger partial charge in [-0.1, -0.05) is 43.7 Å². The molecule has 6 nitrogen and oxygen atoms in total. The molecule has 1 spiro atoms. The van der Waals surface area contributed by atoms with E-state index in [1.165, 1.54) is 39.0 Å². The minimum Gasteiger partial charge on any atom is -0.482 e. The Hall–Kier alpha value is -3.52. The molecule has 3 heterocycles. The molecule has 0 amide bonds. The topological polar surface area (TPSA) is 71.9 Å². The van der Waals surface area contributed by atoms with E-state index in [1.807, 2.05) is 18.2 Å². The van der Waals surface area contributed by atoms with Crippen LogP contribution in [-0.2, 0) is 24.2 Å². The zero-order valence-electron chi connectivity index (χ0n) is 23.6. The number of benzene rings is 2. The molecule has 1 saturated heterocycles. The number of rotatable bonds is 8. The highest BCUT2D eigenvalue weighted by molar-refractivity contribution is 5.70. The number of aryl methyl sites for hydroxylation is 1. The first-order chi connectivity index (χ1) is 19.8. The molecule has 1 N–H and O–H groups in total. The Labute approximate surface area is 239 Å². The van der Waals surface area contributed by atoms with Crippen molar-refractivity contribution in [1.82, 2.24) is 9.88 Å². The Bertz CT molecular complexity index is 1470. The minimum atomic E-state index is -0.960. The highest BCUT2D eigenvalue weighted by Gasteiger charge is 2.48. The van der Waals surface area contributed by atoms with E-state index in [4.69, 9.17) is 9.47 Å². The summed E-state index contributed by atoms with van der Waals surface area (Å²) in [6, 6.07) is 11.1. The number of aromatic nitrogens is 1. The lowest BCUT2D eigenvalue weighted by atomic mass is 9.90. The molecule has 216 valence electrons. The van der Waals surface area contributed by atoms with Gasteiger partial charge in [0.25, 0.3) is 0 Å². The van der Waals surface area contributed by atoms with E-state index >= 15 is 8.78 Å². The third kappa shape index (κ3) is 5.42. The zero-order valence-corrected chi connectivity index (χ0v) is 23.6. The van der Waals surface area contributed by atoms with Crippen LogP contribution in [0.3, 0.4) is 0 Å². The Morgan fingerprint density at radius 3 is 2.73 bits per heavy atom. The number of hydrogen-bond donors (Lipinski definition) is 1. The summed E-state index contributed by atoms with van der Waals surface area (Å²) in [5.74, 6) is -1.99. The molecule has 0 radical (unpaired) electrons. The third-order valence-electron chi connectivity index (χ3n) is 9.15. The Kier molecular flexibility index (Phi) is 7.45. The molecule has 2 fully saturated rings. The van der Waals surface area contributed by atoms with Gasteiger partial charge >= 0.3 is 5.97 Å². The summed E-state index contributed by atoms with van der Waals surface area (Å²) in [6.07, 6.45) is 8.24. The maximum Gasteiger partial charge on any atom is 0.306 e. The Morgan fingerprint density at radius 2 is 1.98 bits per heavy atom. The van der Waals surface area contributed by atoms with E-state index in [1.54, 1.807) is 19.1 Å². The van der Waals surface area contributed by atoms with E-state index in [0.29, 0.717) is 36.4 Å². The average Bonchev–Trinajstić information content (AvgIpc) is 3.75. The molecule has 3 aliphatic rings. The van der Waals surface area contributed by atoms with Crippen LogP contribution >= 0.6 is 0 Å². The molecule has 1 unspecified atom stereocenters. The number of ether oxygens (including phenoxy) is 2. The first kappa shape index (κ1) is 27.6. The van der Waals surface area contributed by atoms with E-state index in [0.717, 1.165) is 35.2 Å². The fourth-order valence-electron chi connectivity index (χ4n) is 6.52. The number of carbonyl (C=O) groups is 1. The predicted octanol–water partition coefficient (Wildman–Crippen LogP) is 6.88. The molecule has 8 heteroatoms. The number of fused-ring (bicyclic) bond motifs is 1. The normalized spacial score (nSPS) is 20.2. The Morgan fingerprint density at radius 1 is 1.15 bits per heavy atom. The van der Waals surface area contributed by atoms with Gasteiger partial charge in [0, 0.05) is 23.7 Å². The van der Waals surface area contributed by atoms with Gasteiger partial charge < -0.3 is 14.6 Å². The summed E-state index contributed by atoms with van der Waals surface area (Å²) < 4.78 is 42.3. The van der Waals surface area contributed by atoms with Gasteiger partial charge in [-0.3, -0.25) is 9.69 Å². The number of pyridine rings is 1. The maximum absolute atomic E-state index is 15.6. The van der Waals surface area contributed by atoms with Crippen LogP contribution in [0, 0.1) is 17.6 Å². The van der Waals surface area contributed by atoms with Gasteiger partial charge in [0.1, 0.15) is 11.9 Å². The summed E-state index contributed by atoms with van der Waals surface area (Å²) in [6.45, 7) is 3.29. The average molecular weight is 563 g/mol. The van der Waals surface area contributed by atoms with Crippen molar-refractivity contribution >= 4 is 5.97 Å². The van der Waals surface area contributed by atoms with Gasteiger partial charge in [0.15, 0.2) is 11.6 Å². The van der Waals surface area contributed by atoms with Gasteiger partial charge in [-0.05, 0) is 79.3 Å². The molecule has 2 atom stereocenters. The largest absolute Gasteiger partial charge is 0.482 e. The molecule has 1 saturated carbocycles. The molecule has 2 aliphatic heterocycles. The highest BCUT2D eigenvalue weighted by Crippen LogP contribution is 2.49. The number of aliphatic carboxylic acids is 1. The summed E-state index contributed by atoms with van der Waals surface area (Å²) >= 11 is 0. The van der Waals surface area contributed by atoms with Gasteiger partial charge in [0.05, 0.1) is 19.2 Å². The second kappa shape index (κ2) is 11.0. The highest BCUT2D eigenvalue weighted by atomic mass is 19.1. The lowest BCUT2D eigenvalue weighted by molar-refractivity contribution is -0.141. The minimum absolute atomic E-state index is 0.0971. The number of likely N-dealkylation sites (tertiary alicyclic amines) is 1. The SMILES string of the molecule is COc1cc(-c2ccc(C3CCc4ccc(C[C@H](C)C(=O)O)c(F)c4O3)cc2CN2CCCCC23CC3)c(F)cn1. The molecule has 3 aromatic rings. The third-order valence-corrected chi connectivity index (χ3v) is 9.15. The fraction of sp³-hybridized carbons (Fsp3) is 0.455. The van der Waals surface area contributed by atoms with Crippen LogP contribution in [0.1, 0.15) is 73.8 Å². The number of nitrogens with zero attached hydrogens (tertiary/aromatic N) is 2. The molecule has 6 rings (SSSR count). The van der Waals surface area contributed by atoms with Crippen LogP contribution < -0.4 is 9.47 Å². The van der Waals surface area contributed by atoms with Crippen molar-refractivity contribution in [3.05, 3.63) is 76.5 Å². The standard InChI is InChI=1S/C33H36F2N2O4/c1-20(32(38)39)15-23-6-5-21-8-10-28(41-31(21)30(23)35)22-7-9-25(26-17-29(40-2)36-18-27(26)34)24(16-22)19-37-14-4-3-11-33(37)12-13-33/h5-7,9,16-18,20,28H,3-4,8,10-15,19H2,1-2H3,(H,38,39)/t20-,28?/m0/s1. The lowest BCUT2D eigenvalue weighted by Gasteiger charge is -2.37. The number of carboxylic acids is 1. The van der Waals surface area contributed by atoms with Gasteiger partial charge in [0.2, 0.25) is 5.88 Å². The maximum atomic E-state index is 15.6. The summed E-state index contributed by atoms with van der Waals surface area (Å²) in [5.41, 5.74) is 4.55. The van der Waals surface area contributed by atoms with Crippen molar-refractivity contribution in [3.63, 3.8) is 0 Å². The molecular formula is C33H36F2N2O4. The molecule has 41 heavy (non-hydrogen) atoms. The van der Waals surface area contributed by atoms with Crippen LogP contribution in [-0.4, -0.2) is 40.2 Å². The van der Waals surface area contributed by atoms with E-state index < -0.39 is 23.5 Å². The fourth-order valence-corrected chi connectivity index (χ4v) is 6.52. The number of hydrogen-bond acceptors (Lipinski definition) is 5. The van der Waals surface area contributed by atoms with Crippen molar-refractivity contribution in [2.75, 3.05) is 13.7 Å². The number of halogens is 2. The van der Waals surface area contributed by atoms with Crippen LogP contribution in [0.2, 0.25) is 0 Å². The van der Waals surface area contributed by atoms with Gasteiger partial charge in [-0.15, -0.1) is 0 Å². The zero-order chi connectivity index (χ0) is 28.7. The monoisotopic (exact) mass is 562 g/mol. The second-order valence-corrected chi connectivity index (χ2v) is 11.8. The van der Waals surface area contributed by atoms with Crippen LogP contribution in [0.5, 0.6) is 11.6 Å². The number of piperidine rings is 1. The van der Waals surface area contributed by atoms with Crippen molar-refractivity contribution < 1.29 is 28.2 Å². The predicted molar refractivity (Wildman–Crippen MR) is 151 cm³/mol. The molecular weight excluding hydrogens is 526 g/mol. The second-order valence-electron chi connectivity index (χ2n) is 11.8. The quantitative estimate of drug-likeness (QED) is 0.323. The van der Waals surface area contributed by atoms with Crippen LogP contribution in [0.25, 0.3) is 11.1 Å². The molecule has 1 aromatic heterocycles. The number of carboxylic acid groups (broad SMARTS) is 1. The van der Waals surface area contributed by atoms with Crippen molar-refractivity contribution in [2.45, 2.75) is 76.5 Å². The van der Waals surface area contributed by atoms with Crippen molar-refractivity contribution in [2.24, 2.45) is 5.92 Å². The van der Waals surface area contributed by atoms with Crippen LogP contribution in [0.15, 0.2) is 42.6 Å². The van der Waals surface area contributed by atoms with Crippen molar-refractivity contribution in [3.8, 4) is 22.8 Å². The van der Waals surface area contributed by atoms with E-state index in [2.05, 4.69) is 16.0 Å². The Balaban J connectivity index is 1.35. The molecule has 2 aromatic carbocycles. The van der Waals surface area contributed by atoms with Gasteiger partial charge in [-0.25, -0.2) is 13.8 Å². The summed E-state index contributed by atoms with van der Waals surface area (Å²) in [5, 5.41) is 9.30. The summed E-state index contributed by atoms with van der Waals surface area (Å²) in [7, 11) is 1.52. The van der Waals surface area contributed by atoms with Gasteiger partial charge in [-0.2, -0.15) is 0 Å². The van der Waals surface area contributed by atoms with E-state index in [-0.39, 0.29) is 23.8 Å². The van der Waals surface area contributed by atoms with Crippen molar-refractivity contribution in [1.29, 1.82) is 0 Å². The van der Waals surface area contributed by atoms with Crippen LogP contribution in [0.4, 0.5) is 8.78 Å². The first-order valence-electron chi connectivity index (χ1n) is 14.6. The lowest BCUT2D eigenvalue weighted by Crippen LogP contribution is -2.40.